The number of nitrogens with one attached hydrogen (secondary N) is 1. The van der Waals surface area contributed by atoms with Crippen molar-refractivity contribution in [3.8, 4) is 23.0 Å². The van der Waals surface area contributed by atoms with E-state index < -0.39 is 68.1 Å². The average Bonchev–Trinajstić information content (AvgIpc) is 3.15. The summed E-state index contributed by atoms with van der Waals surface area (Å²) in [5.74, 6) is -2.59. The topological polar surface area (TPSA) is 309 Å². The van der Waals surface area contributed by atoms with E-state index in [1.165, 1.54) is 62.8 Å². The third kappa shape index (κ3) is 11.1. The first-order chi connectivity index (χ1) is 26.8. The maximum absolute atomic E-state index is 13.7. The molecule has 0 bridgehead atoms. The van der Waals surface area contributed by atoms with E-state index in [2.05, 4.69) is 25.8 Å². The number of rotatable bonds is 11. The Morgan fingerprint density at radius 2 is 1.18 bits per heavy atom. The summed E-state index contributed by atoms with van der Waals surface area (Å²) < 4.78 is 113. The van der Waals surface area contributed by atoms with E-state index in [4.69, 9.17) is 9.47 Å². The van der Waals surface area contributed by atoms with Crippen molar-refractivity contribution in [2.75, 3.05) is 19.5 Å². The third-order valence-electron chi connectivity index (χ3n) is 8.23. The molecule has 19 nitrogen and oxygen atoms in total. The van der Waals surface area contributed by atoms with Crippen molar-refractivity contribution in [2.45, 2.75) is 14.7 Å². The molecule has 294 valence electrons. The van der Waals surface area contributed by atoms with Crippen LogP contribution in [0.5, 0.6) is 23.0 Å². The van der Waals surface area contributed by atoms with E-state index in [1.807, 2.05) is 0 Å². The van der Waals surface area contributed by atoms with Crippen LogP contribution in [0.15, 0.2) is 126 Å². The molecule has 0 saturated heterocycles. The molecule has 0 heterocycles. The molecule has 3 N–H and O–H groups in total. The van der Waals surface area contributed by atoms with Crippen molar-refractivity contribution in [3.63, 3.8) is 0 Å². The molecule has 0 radical (unpaired) electrons. The van der Waals surface area contributed by atoms with Gasteiger partial charge in [-0.25, -0.2) is 8.42 Å². The molecule has 6 aromatic carbocycles. The van der Waals surface area contributed by atoms with Crippen LogP contribution >= 0.6 is 0 Å². The number of carbonyl (C=O) groups is 1. The van der Waals surface area contributed by atoms with Gasteiger partial charge in [0.25, 0.3) is 26.1 Å². The van der Waals surface area contributed by atoms with Crippen LogP contribution < -0.4 is 114 Å². The quantitative estimate of drug-likeness (QED) is 0.0651. The van der Waals surface area contributed by atoms with Crippen LogP contribution in [-0.4, -0.2) is 59.0 Å². The number of carbonyl (C=O) groups excluding carboxylic acids is 1. The summed E-state index contributed by atoms with van der Waals surface area (Å²) in [6, 6.07) is 17.5. The normalized spacial score (nSPS) is 11.8. The van der Waals surface area contributed by atoms with Gasteiger partial charge in [-0.2, -0.15) is 21.9 Å². The fourth-order valence-electron chi connectivity index (χ4n) is 5.48. The first-order valence-corrected chi connectivity index (χ1v) is 20.0. The van der Waals surface area contributed by atoms with Crippen LogP contribution in [0.25, 0.3) is 21.5 Å². The first kappa shape index (κ1) is 50.8. The number of hydrogen-bond donors (Lipinski definition) is 3. The van der Waals surface area contributed by atoms with Crippen LogP contribution in [0.2, 0.25) is 0 Å². The van der Waals surface area contributed by atoms with Gasteiger partial charge in [0.05, 0.1) is 35.4 Å². The Kier molecular flexibility index (Phi) is 17.0. The summed E-state index contributed by atoms with van der Waals surface area (Å²) in [7, 11) is -12.1. The van der Waals surface area contributed by atoms with Gasteiger partial charge in [0, 0.05) is 34.2 Å². The molecule has 0 aromatic heterocycles. The van der Waals surface area contributed by atoms with Gasteiger partial charge >= 0.3 is 88.7 Å². The zero-order valence-electron chi connectivity index (χ0n) is 32.0. The number of nitrogens with zero attached hydrogens (tertiary/aromatic N) is 4. The van der Waals surface area contributed by atoms with Crippen LogP contribution in [0.3, 0.4) is 0 Å². The molecule has 60 heavy (non-hydrogen) atoms. The Labute approximate surface area is 408 Å². The molecule has 0 spiro atoms. The van der Waals surface area contributed by atoms with Crippen molar-refractivity contribution in [3.05, 3.63) is 96.6 Å². The summed E-state index contributed by atoms with van der Waals surface area (Å²) in [6.07, 6.45) is 0. The molecular weight excluding hydrogens is 880 g/mol. The summed E-state index contributed by atoms with van der Waals surface area (Å²) in [4.78, 5) is 10.9. The van der Waals surface area contributed by atoms with Crippen LogP contribution in [0.4, 0.5) is 28.4 Å². The number of amides is 1. The third-order valence-corrected chi connectivity index (χ3v) is 10.8. The van der Waals surface area contributed by atoms with Gasteiger partial charge in [0.15, 0.2) is 0 Å². The number of anilines is 1. The maximum Gasteiger partial charge on any atom is 1.00 e. The Bertz CT molecular complexity index is 3050. The molecule has 0 aliphatic carbocycles. The predicted molar refractivity (Wildman–Crippen MR) is 197 cm³/mol. The zero-order valence-corrected chi connectivity index (χ0v) is 40.4. The van der Waals surface area contributed by atoms with Crippen molar-refractivity contribution >= 4 is 86.2 Å². The Balaban J connectivity index is 0.00000320. The molecule has 0 aliphatic heterocycles. The Hall–Kier alpha value is -3.56. The second kappa shape index (κ2) is 20.1. The molecule has 0 atom stereocenters. The first-order valence-electron chi connectivity index (χ1n) is 15.7. The number of hydrogen-bond acceptors (Lipinski definition) is 16. The van der Waals surface area contributed by atoms with Crippen LogP contribution in [0.1, 0.15) is 10.4 Å². The van der Waals surface area contributed by atoms with E-state index in [-0.39, 0.29) is 145 Å². The molecule has 0 unspecified atom stereocenters. The average molecular weight is 904 g/mol. The van der Waals surface area contributed by atoms with Gasteiger partial charge in [-0.3, -0.25) is 13.9 Å². The predicted octanol–water partition coefficient (Wildman–Crippen LogP) is -3.35. The molecule has 1 amide bonds. The summed E-state index contributed by atoms with van der Waals surface area (Å²) in [5, 5.41) is 45.1. The van der Waals surface area contributed by atoms with Gasteiger partial charge in [-0.05, 0) is 59.3 Å². The van der Waals surface area contributed by atoms with Gasteiger partial charge in [-0.1, -0.05) is 41.8 Å². The second-order valence-electron chi connectivity index (χ2n) is 11.7. The van der Waals surface area contributed by atoms with Crippen LogP contribution in [0, 0.1) is 0 Å². The summed E-state index contributed by atoms with van der Waals surface area (Å²) in [5.41, 5.74) is -1.43. The minimum atomic E-state index is -5.18. The fourth-order valence-corrected chi connectivity index (χ4v) is 7.10. The van der Waals surface area contributed by atoms with E-state index in [0.29, 0.717) is 5.39 Å². The van der Waals surface area contributed by atoms with Crippen molar-refractivity contribution in [2.24, 2.45) is 20.5 Å². The molecular formula is C35H24N5Na3O14S3. The van der Waals surface area contributed by atoms with Gasteiger partial charge in [-0.15, -0.1) is 15.3 Å². The zero-order chi connectivity index (χ0) is 41.4. The van der Waals surface area contributed by atoms with E-state index >= 15 is 0 Å². The monoisotopic (exact) mass is 903 g/mol. The van der Waals surface area contributed by atoms with Crippen molar-refractivity contribution in [1.29, 1.82) is 0 Å². The molecule has 6 aromatic rings. The van der Waals surface area contributed by atoms with E-state index in [1.54, 1.807) is 0 Å². The molecule has 6 rings (SSSR count). The fraction of sp³-hybridized carbons (Fsp3) is 0.0571. The van der Waals surface area contributed by atoms with Gasteiger partial charge in [0.1, 0.15) is 37.9 Å². The van der Waals surface area contributed by atoms with Crippen LogP contribution in [-0.2, 0) is 30.4 Å². The molecule has 25 heteroatoms. The van der Waals surface area contributed by atoms with E-state index in [0.717, 1.165) is 42.5 Å². The van der Waals surface area contributed by atoms with Crippen molar-refractivity contribution in [1.82, 2.24) is 0 Å². The largest absolute Gasteiger partial charge is 1.00 e. The summed E-state index contributed by atoms with van der Waals surface area (Å²) >= 11 is 0. The summed E-state index contributed by atoms with van der Waals surface area (Å²) in [6.45, 7) is 0. The second-order valence-corrected chi connectivity index (χ2v) is 15.9. The smallest absolute Gasteiger partial charge is 0.871 e. The number of methoxy groups -OCH3 is 2. The minimum absolute atomic E-state index is 0. The van der Waals surface area contributed by atoms with Gasteiger partial charge in [0.2, 0.25) is 0 Å². The maximum atomic E-state index is 13.7. The molecule has 0 aliphatic rings. The number of azo groups is 2. The minimum Gasteiger partial charge on any atom is -0.871 e. The number of ether oxygens (including phenoxy) is 2. The van der Waals surface area contributed by atoms with Crippen molar-refractivity contribution < 1.29 is 152 Å². The van der Waals surface area contributed by atoms with Gasteiger partial charge < -0.3 is 29.6 Å². The Morgan fingerprint density at radius 3 is 1.72 bits per heavy atom. The SMILES string of the molecule is COc1cc(N=Nc2c([O-])ccc3ccc(S(=O)(=O)O)cc23)c(OC)cc1N=Nc1c(S(=O)(=O)O)cc2c(NC(=O)c3ccc(S(=O)(=O)[O-])cc3)cccc2c1[O-].[Na+].[Na+].[Na+]. The van der Waals surface area contributed by atoms with E-state index in [9.17, 15) is 53.9 Å². The number of fused-ring (bicyclic) bond motifs is 2. The Morgan fingerprint density at radius 1 is 0.633 bits per heavy atom. The molecule has 0 fully saturated rings. The standard InChI is InChI=1S/C35H27N5O14S3.3Na/c1-53-29-17-27(30(54-2)16-26(29)37-39-32-23-14-21(56(47,48)49)12-6-18(23)9-13-28(32)41)38-40-33-31(57(50,51)52)15-24-22(34(33)42)4-3-5-25(24)36-35(43)19-7-10-20(11-8-19)55(44,45)46;;;/h3-17,41-42H,1-2H3,(H,36,43)(H,44,45,46)(H,47,48,49)(H,50,51,52);;;/q;3*+1/p-3. The number of benzene rings is 6. The molecule has 0 saturated carbocycles.